The summed E-state index contributed by atoms with van der Waals surface area (Å²) in [7, 11) is 0. The van der Waals surface area contributed by atoms with Gasteiger partial charge in [0.05, 0.1) is 5.56 Å². The first-order valence-electron chi connectivity index (χ1n) is 3.68. The standard InChI is InChI=1S/C9H6FNO2/c10-7-3-5-1-2-11-8(5)4-6(7)9(12)13/h1-4,11H,(H,12,13). The summed E-state index contributed by atoms with van der Waals surface area (Å²) in [6, 6.07) is 4.17. The third kappa shape index (κ3) is 1.16. The van der Waals surface area contributed by atoms with E-state index in [0.717, 1.165) is 0 Å². The number of fused-ring (bicyclic) bond motifs is 1. The Labute approximate surface area is 72.8 Å². The van der Waals surface area contributed by atoms with E-state index in [2.05, 4.69) is 4.98 Å². The number of carbonyl (C=O) groups is 1. The fraction of sp³-hybridized carbons (Fsp3) is 0. The van der Waals surface area contributed by atoms with Gasteiger partial charge in [-0.25, -0.2) is 9.18 Å². The van der Waals surface area contributed by atoms with Crippen molar-refractivity contribution >= 4 is 16.9 Å². The van der Waals surface area contributed by atoms with Crippen LogP contribution in [-0.2, 0) is 0 Å². The molecule has 2 aromatic rings. The summed E-state index contributed by atoms with van der Waals surface area (Å²) in [5.41, 5.74) is 0.314. The second kappa shape index (κ2) is 2.58. The van der Waals surface area contributed by atoms with Crippen LogP contribution in [0.5, 0.6) is 0 Å². The number of H-pyrrole nitrogens is 1. The van der Waals surface area contributed by atoms with Gasteiger partial charge in [0, 0.05) is 17.1 Å². The van der Waals surface area contributed by atoms with Crippen molar-refractivity contribution < 1.29 is 14.3 Å². The minimum atomic E-state index is -1.26. The maximum atomic E-state index is 13.1. The summed E-state index contributed by atoms with van der Waals surface area (Å²) in [5, 5.41) is 9.28. The first kappa shape index (κ1) is 7.79. The predicted octanol–water partition coefficient (Wildman–Crippen LogP) is 2.01. The van der Waals surface area contributed by atoms with E-state index in [9.17, 15) is 9.18 Å². The highest BCUT2D eigenvalue weighted by Crippen LogP contribution is 2.17. The number of benzene rings is 1. The molecule has 0 fully saturated rings. The van der Waals surface area contributed by atoms with Crippen LogP contribution in [0.15, 0.2) is 24.4 Å². The maximum Gasteiger partial charge on any atom is 0.338 e. The van der Waals surface area contributed by atoms with Crippen molar-refractivity contribution in [3.63, 3.8) is 0 Å². The van der Waals surface area contributed by atoms with Crippen LogP contribution in [0.3, 0.4) is 0 Å². The molecule has 4 heteroatoms. The molecule has 0 unspecified atom stereocenters. The SMILES string of the molecule is O=C(O)c1cc2[nH]ccc2cc1F. The minimum absolute atomic E-state index is 0.310. The number of carboxylic acids is 1. The van der Waals surface area contributed by atoms with E-state index in [4.69, 9.17) is 5.11 Å². The second-order valence-corrected chi connectivity index (χ2v) is 2.70. The number of nitrogens with one attached hydrogen (secondary N) is 1. The van der Waals surface area contributed by atoms with Crippen molar-refractivity contribution in [2.24, 2.45) is 0 Å². The van der Waals surface area contributed by atoms with Gasteiger partial charge in [0.15, 0.2) is 0 Å². The fourth-order valence-corrected chi connectivity index (χ4v) is 1.24. The lowest BCUT2D eigenvalue weighted by Crippen LogP contribution is -1.99. The highest BCUT2D eigenvalue weighted by atomic mass is 19.1. The zero-order valence-electron chi connectivity index (χ0n) is 6.54. The quantitative estimate of drug-likeness (QED) is 0.703. The van der Waals surface area contributed by atoms with Crippen LogP contribution in [0, 0.1) is 5.82 Å². The lowest BCUT2D eigenvalue weighted by Gasteiger charge is -1.96. The largest absolute Gasteiger partial charge is 0.478 e. The highest BCUT2D eigenvalue weighted by molar-refractivity contribution is 5.93. The summed E-state index contributed by atoms with van der Waals surface area (Å²) in [4.78, 5) is 13.3. The molecule has 0 saturated carbocycles. The lowest BCUT2D eigenvalue weighted by molar-refractivity contribution is 0.0692. The van der Waals surface area contributed by atoms with Gasteiger partial charge in [-0.2, -0.15) is 0 Å². The van der Waals surface area contributed by atoms with Gasteiger partial charge >= 0.3 is 5.97 Å². The predicted molar refractivity (Wildman–Crippen MR) is 45.2 cm³/mol. The van der Waals surface area contributed by atoms with Crippen molar-refractivity contribution in [3.05, 3.63) is 35.8 Å². The van der Waals surface area contributed by atoms with Crippen LogP contribution in [0.25, 0.3) is 10.9 Å². The molecular weight excluding hydrogens is 173 g/mol. The number of hydrogen-bond acceptors (Lipinski definition) is 1. The van der Waals surface area contributed by atoms with Crippen molar-refractivity contribution in [3.8, 4) is 0 Å². The number of hydrogen-bond donors (Lipinski definition) is 2. The molecule has 2 N–H and O–H groups in total. The number of carboxylic acid groups (broad SMARTS) is 1. The third-order valence-electron chi connectivity index (χ3n) is 1.87. The van der Waals surface area contributed by atoms with Crippen LogP contribution in [-0.4, -0.2) is 16.1 Å². The molecule has 0 spiro atoms. The summed E-state index contributed by atoms with van der Waals surface area (Å²) in [6.45, 7) is 0. The van der Waals surface area contributed by atoms with Gasteiger partial charge in [0.25, 0.3) is 0 Å². The van der Waals surface area contributed by atoms with Gasteiger partial charge < -0.3 is 10.1 Å². The molecule has 1 aromatic carbocycles. The van der Waals surface area contributed by atoms with E-state index in [1.807, 2.05) is 0 Å². The normalized spacial score (nSPS) is 10.5. The zero-order chi connectivity index (χ0) is 9.42. The van der Waals surface area contributed by atoms with E-state index in [1.54, 1.807) is 12.3 Å². The van der Waals surface area contributed by atoms with Gasteiger partial charge in [-0.1, -0.05) is 0 Å². The molecule has 0 atom stereocenters. The van der Waals surface area contributed by atoms with E-state index < -0.39 is 11.8 Å². The molecule has 0 aliphatic carbocycles. The van der Waals surface area contributed by atoms with E-state index in [0.29, 0.717) is 10.9 Å². The average molecular weight is 179 g/mol. The zero-order valence-corrected chi connectivity index (χ0v) is 6.54. The second-order valence-electron chi connectivity index (χ2n) is 2.70. The summed E-state index contributed by atoms with van der Waals surface area (Å²) in [6.07, 6.45) is 1.63. The molecule has 1 aromatic heterocycles. The van der Waals surface area contributed by atoms with Gasteiger partial charge in [-0.05, 0) is 18.2 Å². The Bertz CT molecular complexity index is 475. The molecule has 0 bridgehead atoms. The number of aromatic carboxylic acids is 1. The molecule has 0 aliphatic heterocycles. The Morgan fingerprint density at radius 1 is 1.46 bits per heavy atom. The molecule has 3 nitrogen and oxygen atoms in total. The molecule has 2 rings (SSSR count). The number of aromatic amines is 1. The Hall–Kier alpha value is -1.84. The monoisotopic (exact) mass is 179 g/mol. The molecule has 13 heavy (non-hydrogen) atoms. The Balaban J connectivity index is 2.76. The fourth-order valence-electron chi connectivity index (χ4n) is 1.24. The van der Waals surface area contributed by atoms with Crippen molar-refractivity contribution in [2.75, 3.05) is 0 Å². The van der Waals surface area contributed by atoms with Gasteiger partial charge in [0.1, 0.15) is 5.82 Å². The van der Waals surface area contributed by atoms with Gasteiger partial charge in [-0.15, -0.1) is 0 Å². The van der Waals surface area contributed by atoms with Crippen LogP contribution >= 0.6 is 0 Å². The molecule has 0 amide bonds. The summed E-state index contributed by atoms with van der Waals surface area (Å²) < 4.78 is 13.1. The van der Waals surface area contributed by atoms with Crippen molar-refractivity contribution in [2.45, 2.75) is 0 Å². The summed E-state index contributed by atoms with van der Waals surface area (Å²) in [5.74, 6) is -1.96. The number of aromatic nitrogens is 1. The van der Waals surface area contributed by atoms with Crippen molar-refractivity contribution in [1.82, 2.24) is 4.98 Å². The summed E-state index contributed by atoms with van der Waals surface area (Å²) >= 11 is 0. The first-order chi connectivity index (χ1) is 6.18. The third-order valence-corrected chi connectivity index (χ3v) is 1.87. The molecule has 1 heterocycles. The number of halogens is 1. The maximum absolute atomic E-state index is 13.1. The molecule has 0 aliphatic rings. The molecule has 0 saturated heterocycles. The topological polar surface area (TPSA) is 53.1 Å². The Kier molecular flexibility index (Phi) is 1.55. The molecule has 0 radical (unpaired) electrons. The number of rotatable bonds is 1. The Morgan fingerprint density at radius 2 is 2.23 bits per heavy atom. The smallest absolute Gasteiger partial charge is 0.338 e. The van der Waals surface area contributed by atoms with Gasteiger partial charge in [-0.3, -0.25) is 0 Å². The Morgan fingerprint density at radius 3 is 2.92 bits per heavy atom. The lowest BCUT2D eigenvalue weighted by atomic mass is 10.1. The molecule has 66 valence electrons. The highest BCUT2D eigenvalue weighted by Gasteiger charge is 2.11. The van der Waals surface area contributed by atoms with Crippen LogP contribution in [0.4, 0.5) is 4.39 Å². The van der Waals surface area contributed by atoms with E-state index in [1.165, 1.54) is 12.1 Å². The molecular formula is C9H6FNO2. The average Bonchev–Trinajstić information content (AvgIpc) is 2.48. The first-order valence-corrected chi connectivity index (χ1v) is 3.68. The minimum Gasteiger partial charge on any atom is -0.478 e. The van der Waals surface area contributed by atoms with Crippen LogP contribution in [0.2, 0.25) is 0 Å². The van der Waals surface area contributed by atoms with E-state index in [-0.39, 0.29) is 5.56 Å². The van der Waals surface area contributed by atoms with Gasteiger partial charge in [0.2, 0.25) is 0 Å². The van der Waals surface area contributed by atoms with Crippen molar-refractivity contribution in [1.29, 1.82) is 0 Å². The van der Waals surface area contributed by atoms with Crippen LogP contribution in [0.1, 0.15) is 10.4 Å². The van der Waals surface area contributed by atoms with Crippen LogP contribution < -0.4 is 0 Å². The van der Waals surface area contributed by atoms with E-state index >= 15 is 0 Å².